The van der Waals surface area contributed by atoms with Gasteiger partial charge >= 0.3 is 0 Å². The molecule has 4 nitrogen and oxygen atoms in total. The normalized spacial score (nSPS) is 12.7. The maximum atomic E-state index is 13.8. The Hall–Kier alpha value is -1.44. The highest BCUT2D eigenvalue weighted by Gasteiger charge is 2.23. The summed E-state index contributed by atoms with van der Waals surface area (Å²) in [7, 11) is 0. The number of halogens is 2. The van der Waals surface area contributed by atoms with Gasteiger partial charge in [0.2, 0.25) is 0 Å². The lowest BCUT2D eigenvalue weighted by atomic mass is 10.0. The highest BCUT2D eigenvalue weighted by Crippen LogP contribution is 2.29. The van der Waals surface area contributed by atoms with Gasteiger partial charge in [-0.05, 0) is 24.0 Å². The number of hydrogen-bond acceptors (Lipinski definition) is 5. The van der Waals surface area contributed by atoms with E-state index in [4.69, 9.17) is 5.84 Å². The molecule has 0 aliphatic rings. The topological polar surface area (TPSA) is 63.8 Å². The molecule has 0 saturated heterocycles. The maximum Gasteiger partial charge on any atom is 0.164 e. The SMILES string of the molecule is CCc1nnsc1C(NN)c1cccc(F)c1F. The van der Waals surface area contributed by atoms with E-state index in [2.05, 4.69) is 15.0 Å². The first-order chi connectivity index (χ1) is 8.69. The number of nitrogens with two attached hydrogens (primary N) is 1. The van der Waals surface area contributed by atoms with Crippen LogP contribution in [0.4, 0.5) is 8.78 Å². The lowest BCUT2D eigenvalue weighted by Gasteiger charge is -2.16. The van der Waals surface area contributed by atoms with Gasteiger partial charge in [-0.2, -0.15) is 0 Å². The highest BCUT2D eigenvalue weighted by atomic mass is 32.1. The Morgan fingerprint density at radius 1 is 1.44 bits per heavy atom. The van der Waals surface area contributed by atoms with Gasteiger partial charge in [-0.25, -0.2) is 14.2 Å². The van der Waals surface area contributed by atoms with E-state index in [0.717, 1.165) is 23.3 Å². The molecule has 1 heterocycles. The van der Waals surface area contributed by atoms with Crippen molar-refractivity contribution in [1.29, 1.82) is 0 Å². The summed E-state index contributed by atoms with van der Waals surface area (Å²) in [5, 5.41) is 3.94. The predicted molar refractivity (Wildman–Crippen MR) is 64.8 cm³/mol. The molecule has 1 unspecified atom stereocenters. The fourth-order valence-electron chi connectivity index (χ4n) is 1.73. The van der Waals surface area contributed by atoms with Crippen molar-refractivity contribution in [2.24, 2.45) is 5.84 Å². The molecule has 0 spiro atoms. The highest BCUT2D eigenvalue weighted by molar-refractivity contribution is 7.05. The van der Waals surface area contributed by atoms with Crippen molar-refractivity contribution in [2.45, 2.75) is 19.4 Å². The summed E-state index contributed by atoms with van der Waals surface area (Å²) >= 11 is 1.12. The molecule has 1 aromatic heterocycles. The van der Waals surface area contributed by atoms with Gasteiger partial charge in [0.15, 0.2) is 11.6 Å². The van der Waals surface area contributed by atoms with Gasteiger partial charge in [0, 0.05) is 5.56 Å². The molecule has 0 aliphatic heterocycles. The summed E-state index contributed by atoms with van der Waals surface area (Å²) in [6.45, 7) is 1.91. The number of hydrogen-bond donors (Lipinski definition) is 2. The van der Waals surface area contributed by atoms with Gasteiger partial charge in [0.25, 0.3) is 0 Å². The smallest absolute Gasteiger partial charge is 0.164 e. The van der Waals surface area contributed by atoms with Crippen LogP contribution in [0.2, 0.25) is 0 Å². The lowest BCUT2D eigenvalue weighted by Crippen LogP contribution is -2.29. The Labute approximate surface area is 107 Å². The average Bonchev–Trinajstić information content (AvgIpc) is 2.83. The largest absolute Gasteiger partial charge is 0.271 e. The molecule has 0 aliphatic carbocycles. The number of nitrogens with one attached hydrogen (secondary N) is 1. The Morgan fingerprint density at radius 2 is 2.22 bits per heavy atom. The van der Waals surface area contributed by atoms with E-state index < -0.39 is 17.7 Å². The molecule has 18 heavy (non-hydrogen) atoms. The Kier molecular flexibility index (Phi) is 3.95. The summed E-state index contributed by atoms with van der Waals surface area (Å²) in [4.78, 5) is 0.699. The van der Waals surface area contributed by atoms with Gasteiger partial charge in [-0.15, -0.1) is 5.10 Å². The van der Waals surface area contributed by atoms with Crippen LogP contribution in [0, 0.1) is 11.6 Å². The third-order valence-electron chi connectivity index (χ3n) is 2.64. The van der Waals surface area contributed by atoms with Crippen molar-refractivity contribution in [2.75, 3.05) is 0 Å². The van der Waals surface area contributed by atoms with E-state index in [9.17, 15) is 8.78 Å². The van der Waals surface area contributed by atoms with Crippen LogP contribution in [0.5, 0.6) is 0 Å². The van der Waals surface area contributed by atoms with Crippen LogP contribution >= 0.6 is 11.5 Å². The monoisotopic (exact) mass is 270 g/mol. The predicted octanol–water partition coefficient (Wildman–Crippen LogP) is 1.93. The van der Waals surface area contributed by atoms with E-state index in [1.165, 1.54) is 12.1 Å². The molecule has 3 N–H and O–H groups in total. The minimum absolute atomic E-state index is 0.151. The average molecular weight is 270 g/mol. The molecule has 0 amide bonds. The van der Waals surface area contributed by atoms with Crippen LogP contribution in [-0.2, 0) is 6.42 Å². The van der Waals surface area contributed by atoms with Crippen molar-refractivity contribution in [3.8, 4) is 0 Å². The van der Waals surface area contributed by atoms with Gasteiger partial charge < -0.3 is 0 Å². The van der Waals surface area contributed by atoms with Crippen LogP contribution in [0.3, 0.4) is 0 Å². The fraction of sp³-hybridized carbons (Fsp3) is 0.273. The van der Waals surface area contributed by atoms with Crippen molar-refractivity contribution in [3.63, 3.8) is 0 Å². The summed E-state index contributed by atoms with van der Waals surface area (Å²) in [5.74, 6) is 3.64. The van der Waals surface area contributed by atoms with Crippen molar-refractivity contribution in [3.05, 3.63) is 46.0 Å². The first-order valence-corrected chi connectivity index (χ1v) is 6.17. The summed E-state index contributed by atoms with van der Waals surface area (Å²) in [6.07, 6.45) is 0.654. The molecule has 0 fully saturated rings. The van der Waals surface area contributed by atoms with E-state index in [0.29, 0.717) is 11.3 Å². The maximum absolute atomic E-state index is 13.8. The van der Waals surface area contributed by atoms with Gasteiger partial charge in [0.05, 0.1) is 16.6 Å². The van der Waals surface area contributed by atoms with Crippen LogP contribution in [0.25, 0.3) is 0 Å². The fourth-order valence-corrected chi connectivity index (χ4v) is 2.55. The van der Waals surface area contributed by atoms with E-state index in [1.54, 1.807) is 0 Å². The minimum atomic E-state index is -0.907. The molecule has 96 valence electrons. The zero-order valence-corrected chi connectivity index (χ0v) is 10.5. The zero-order chi connectivity index (χ0) is 13.1. The van der Waals surface area contributed by atoms with Crippen LogP contribution in [0.15, 0.2) is 18.2 Å². The standard InChI is InChI=1S/C11H12F2N4S/c1-2-8-11(18-17-16-8)10(15-14)6-4-3-5-7(12)9(6)13/h3-5,10,15H,2,14H2,1H3. The number of aromatic nitrogens is 2. The Morgan fingerprint density at radius 3 is 2.89 bits per heavy atom. The van der Waals surface area contributed by atoms with Gasteiger partial charge in [-0.3, -0.25) is 5.84 Å². The second-order valence-corrected chi connectivity index (χ2v) is 4.47. The lowest BCUT2D eigenvalue weighted by molar-refractivity contribution is 0.483. The molecule has 7 heteroatoms. The third kappa shape index (κ3) is 2.24. The van der Waals surface area contributed by atoms with Crippen LogP contribution in [0.1, 0.15) is 29.1 Å². The molecule has 2 rings (SSSR count). The molecule has 0 saturated carbocycles. The zero-order valence-electron chi connectivity index (χ0n) is 9.65. The number of aryl methyl sites for hydroxylation is 1. The van der Waals surface area contributed by atoms with Gasteiger partial charge in [0.1, 0.15) is 0 Å². The van der Waals surface area contributed by atoms with Crippen LogP contribution in [-0.4, -0.2) is 9.59 Å². The minimum Gasteiger partial charge on any atom is -0.271 e. The number of hydrazine groups is 1. The van der Waals surface area contributed by atoms with E-state index in [-0.39, 0.29) is 5.56 Å². The summed E-state index contributed by atoms with van der Waals surface area (Å²) in [5.41, 5.74) is 3.37. The second-order valence-electron chi connectivity index (χ2n) is 3.68. The summed E-state index contributed by atoms with van der Waals surface area (Å²) in [6, 6.07) is 3.36. The first-order valence-electron chi connectivity index (χ1n) is 5.40. The quantitative estimate of drug-likeness (QED) is 0.658. The second kappa shape index (κ2) is 5.47. The molecule has 2 aromatic rings. The molecular weight excluding hydrogens is 258 g/mol. The van der Waals surface area contributed by atoms with Crippen molar-refractivity contribution >= 4 is 11.5 Å². The van der Waals surface area contributed by atoms with Gasteiger partial charge in [-0.1, -0.05) is 23.5 Å². The molecule has 0 radical (unpaired) electrons. The van der Waals surface area contributed by atoms with Crippen LogP contribution < -0.4 is 11.3 Å². The number of nitrogens with zero attached hydrogens (tertiary/aromatic N) is 2. The number of rotatable bonds is 4. The van der Waals surface area contributed by atoms with Crippen molar-refractivity contribution < 1.29 is 8.78 Å². The van der Waals surface area contributed by atoms with Crippen molar-refractivity contribution in [1.82, 2.24) is 15.0 Å². The van der Waals surface area contributed by atoms with E-state index in [1.807, 2.05) is 6.92 Å². The number of benzene rings is 1. The third-order valence-corrected chi connectivity index (χ3v) is 3.47. The summed E-state index contributed by atoms with van der Waals surface area (Å²) < 4.78 is 30.8. The Balaban J connectivity index is 2.49. The first kappa shape index (κ1) is 13.0. The molecule has 0 bridgehead atoms. The molecule has 1 atom stereocenters. The molecular formula is C11H12F2N4S. The Bertz CT molecular complexity index is 544. The van der Waals surface area contributed by atoms with E-state index >= 15 is 0 Å². The molecule has 1 aromatic carbocycles.